The number of Topliss-reactive ketones (excluding diaryl/α,β-unsaturated/α-hetero) is 1. The molecule has 27 heavy (non-hydrogen) atoms. The number of rotatable bonds is 8. The molecule has 148 valence electrons. The molecular weight excluding hydrogens is 362 g/mol. The van der Waals surface area contributed by atoms with Crippen LogP contribution in [0.5, 0.6) is 0 Å². The van der Waals surface area contributed by atoms with Crippen molar-refractivity contribution in [2.45, 2.75) is 32.6 Å². The number of hydrogen-bond donors (Lipinski definition) is 2. The molecule has 1 aliphatic rings. The Hall–Kier alpha value is -2.22. The van der Waals surface area contributed by atoms with E-state index in [1.54, 1.807) is 7.05 Å². The van der Waals surface area contributed by atoms with Gasteiger partial charge in [0.15, 0.2) is 5.11 Å². The van der Waals surface area contributed by atoms with Gasteiger partial charge in [0.2, 0.25) is 5.91 Å². The molecule has 1 aromatic rings. The molecule has 8 heteroatoms. The summed E-state index contributed by atoms with van der Waals surface area (Å²) < 4.78 is 0. The number of pyridine rings is 1. The van der Waals surface area contributed by atoms with Gasteiger partial charge in [-0.1, -0.05) is 6.07 Å². The van der Waals surface area contributed by atoms with Crippen LogP contribution >= 0.6 is 12.2 Å². The second-order valence-electron chi connectivity index (χ2n) is 6.71. The summed E-state index contributed by atoms with van der Waals surface area (Å²) in [5.41, 5.74) is 1.14. The lowest BCUT2D eigenvalue weighted by Crippen LogP contribution is -2.49. The van der Waals surface area contributed by atoms with E-state index in [9.17, 15) is 9.59 Å². The zero-order chi connectivity index (χ0) is 19.6. The lowest BCUT2D eigenvalue weighted by atomic mass is 10.1. The Balaban J connectivity index is 1.63. The number of thiocarbonyl (C=S) groups is 1. The summed E-state index contributed by atoms with van der Waals surface area (Å²) in [6.45, 7) is 5.57. The predicted octanol–water partition coefficient (Wildman–Crippen LogP) is 1.26. The zero-order valence-electron chi connectivity index (χ0n) is 16.2. The summed E-state index contributed by atoms with van der Waals surface area (Å²) in [4.78, 5) is 32.8. The van der Waals surface area contributed by atoms with Crippen molar-refractivity contribution in [1.29, 1.82) is 0 Å². The summed E-state index contributed by atoms with van der Waals surface area (Å²) in [7, 11) is 1.75. The Morgan fingerprint density at radius 3 is 2.52 bits per heavy atom. The molecular formula is C19H29N5O2S. The maximum atomic E-state index is 12.4. The number of nitrogens with zero attached hydrogens (tertiary/aromatic N) is 3. The summed E-state index contributed by atoms with van der Waals surface area (Å²) in [5.74, 6) is 1.15. The van der Waals surface area contributed by atoms with Crippen LogP contribution in [0, 0.1) is 6.92 Å². The fourth-order valence-corrected chi connectivity index (χ4v) is 3.04. The summed E-state index contributed by atoms with van der Waals surface area (Å²) >= 11 is 4.97. The van der Waals surface area contributed by atoms with Gasteiger partial charge in [-0.3, -0.25) is 9.59 Å². The number of aryl methyl sites for hydroxylation is 1. The number of carbonyl (C=O) groups excluding carboxylic acids is 2. The highest BCUT2D eigenvalue weighted by atomic mass is 32.1. The second kappa shape index (κ2) is 10.8. The van der Waals surface area contributed by atoms with E-state index in [-0.39, 0.29) is 11.7 Å². The average Bonchev–Trinajstić information content (AvgIpc) is 2.70. The predicted molar refractivity (Wildman–Crippen MR) is 111 cm³/mol. The topological polar surface area (TPSA) is 77.6 Å². The van der Waals surface area contributed by atoms with E-state index >= 15 is 0 Å². The van der Waals surface area contributed by atoms with Crippen LogP contribution in [0.3, 0.4) is 0 Å². The highest BCUT2D eigenvalue weighted by Gasteiger charge is 2.22. The van der Waals surface area contributed by atoms with E-state index in [1.165, 1.54) is 0 Å². The molecule has 0 unspecified atom stereocenters. The first-order chi connectivity index (χ1) is 13.0. The van der Waals surface area contributed by atoms with Crippen molar-refractivity contribution in [3.05, 3.63) is 23.9 Å². The molecule has 7 nitrogen and oxygen atoms in total. The molecule has 2 heterocycles. The van der Waals surface area contributed by atoms with Crippen molar-refractivity contribution in [3.63, 3.8) is 0 Å². The number of anilines is 1. The summed E-state index contributed by atoms with van der Waals surface area (Å²) in [5, 5.41) is 6.41. The van der Waals surface area contributed by atoms with E-state index in [2.05, 4.69) is 20.5 Å². The fourth-order valence-electron chi connectivity index (χ4n) is 2.94. The molecule has 0 saturated carbocycles. The highest BCUT2D eigenvalue weighted by Crippen LogP contribution is 2.14. The van der Waals surface area contributed by atoms with Crippen molar-refractivity contribution in [2.24, 2.45) is 0 Å². The SMILES string of the molecule is CNC(=S)NCCCC(=O)CCC(=O)N1CCN(c2ccc(C)cn2)CC1. The van der Waals surface area contributed by atoms with Gasteiger partial charge >= 0.3 is 0 Å². The lowest BCUT2D eigenvalue weighted by molar-refractivity contribution is -0.133. The van der Waals surface area contributed by atoms with Crippen molar-refractivity contribution >= 4 is 34.8 Å². The number of amides is 1. The third-order valence-electron chi connectivity index (χ3n) is 4.61. The zero-order valence-corrected chi connectivity index (χ0v) is 17.0. The fraction of sp³-hybridized carbons (Fsp3) is 0.579. The summed E-state index contributed by atoms with van der Waals surface area (Å²) in [6, 6.07) is 4.07. The number of carbonyl (C=O) groups is 2. The molecule has 1 saturated heterocycles. The first-order valence-corrected chi connectivity index (χ1v) is 9.83. The number of ketones is 1. The molecule has 1 aliphatic heterocycles. The minimum atomic E-state index is 0.0642. The normalized spacial score (nSPS) is 14.0. The molecule has 2 rings (SSSR count). The highest BCUT2D eigenvalue weighted by molar-refractivity contribution is 7.80. The minimum absolute atomic E-state index is 0.0642. The third kappa shape index (κ3) is 7.13. The number of piperazine rings is 1. The quantitative estimate of drug-likeness (QED) is 0.510. The van der Waals surface area contributed by atoms with Gasteiger partial charge in [-0.15, -0.1) is 0 Å². The van der Waals surface area contributed by atoms with E-state index in [0.29, 0.717) is 44.0 Å². The van der Waals surface area contributed by atoms with Gasteiger partial charge < -0.3 is 20.4 Å². The smallest absolute Gasteiger partial charge is 0.223 e. The van der Waals surface area contributed by atoms with Crippen LogP contribution in [0.15, 0.2) is 18.3 Å². The molecule has 0 aromatic carbocycles. The van der Waals surface area contributed by atoms with Crippen LogP contribution in [0.4, 0.5) is 5.82 Å². The molecule has 0 radical (unpaired) electrons. The summed E-state index contributed by atoms with van der Waals surface area (Å²) in [6.07, 6.45) is 3.66. The van der Waals surface area contributed by atoms with Crippen molar-refractivity contribution in [2.75, 3.05) is 44.7 Å². The number of nitrogens with one attached hydrogen (secondary N) is 2. The third-order valence-corrected chi connectivity index (χ3v) is 4.96. The van der Waals surface area contributed by atoms with Gasteiger partial charge in [0.1, 0.15) is 11.6 Å². The Bertz CT molecular complexity index is 642. The van der Waals surface area contributed by atoms with E-state index in [1.807, 2.05) is 30.2 Å². The molecule has 2 N–H and O–H groups in total. The van der Waals surface area contributed by atoms with Gasteiger partial charge in [0.25, 0.3) is 0 Å². The molecule has 0 atom stereocenters. The van der Waals surface area contributed by atoms with Gasteiger partial charge in [-0.05, 0) is 37.2 Å². The van der Waals surface area contributed by atoms with Crippen LogP contribution in [0.2, 0.25) is 0 Å². The molecule has 0 spiro atoms. The Morgan fingerprint density at radius 1 is 1.15 bits per heavy atom. The second-order valence-corrected chi connectivity index (χ2v) is 7.12. The van der Waals surface area contributed by atoms with Crippen LogP contribution in [-0.2, 0) is 9.59 Å². The van der Waals surface area contributed by atoms with Gasteiger partial charge in [0.05, 0.1) is 0 Å². The van der Waals surface area contributed by atoms with Crippen LogP contribution in [0.25, 0.3) is 0 Å². The molecule has 1 fully saturated rings. The average molecular weight is 392 g/mol. The van der Waals surface area contributed by atoms with Crippen molar-refractivity contribution in [1.82, 2.24) is 20.5 Å². The van der Waals surface area contributed by atoms with Gasteiger partial charge in [-0.25, -0.2) is 4.98 Å². The van der Waals surface area contributed by atoms with Crippen molar-refractivity contribution in [3.8, 4) is 0 Å². The monoisotopic (exact) mass is 391 g/mol. The number of aromatic nitrogens is 1. The maximum absolute atomic E-state index is 12.4. The minimum Gasteiger partial charge on any atom is -0.366 e. The molecule has 1 amide bonds. The lowest BCUT2D eigenvalue weighted by Gasteiger charge is -2.35. The Morgan fingerprint density at radius 2 is 1.89 bits per heavy atom. The van der Waals surface area contributed by atoms with E-state index in [4.69, 9.17) is 12.2 Å². The van der Waals surface area contributed by atoms with E-state index < -0.39 is 0 Å². The first kappa shape index (κ1) is 21.1. The molecule has 0 aliphatic carbocycles. The number of hydrogen-bond acceptors (Lipinski definition) is 5. The Labute approximate surface area is 166 Å². The van der Waals surface area contributed by atoms with Gasteiger partial charge in [0, 0.05) is 65.2 Å². The van der Waals surface area contributed by atoms with Crippen molar-refractivity contribution < 1.29 is 9.59 Å². The molecule has 0 bridgehead atoms. The standard InChI is InChI=1S/C19H29N5O2S/c1-15-5-7-17(22-14-15)23-10-12-24(13-11-23)18(26)8-6-16(25)4-3-9-21-19(27)20-2/h5,7,14H,3-4,6,8-13H2,1-2H3,(H2,20,21,27). The van der Waals surface area contributed by atoms with Crippen LogP contribution in [0.1, 0.15) is 31.2 Å². The Kier molecular flexibility index (Phi) is 8.44. The largest absolute Gasteiger partial charge is 0.366 e. The van der Waals surface area contributed by atoms with E-state index in [0.717, 1.165) is 30.9 Å². The molecule has 1 aromatic heterocycles. The van der Waals surface area contributed by atoms with Crippen LogP contribution in [-0.4, -0.2) is 66.5 Å². The van der Waals surface area contributed by atoms with Gasteiger partial charge in [-0.2, -0.15) is 0 Å². The maximum Gasteiger partial charge on any atom is 0.223 e. The van der Waals surface area contributed by atoms with Crippen LogP contribution < -0.4 is 15.5 Å². The first-order valence-electron chi connectivity index (χ1n) is 9.42.